The Balaban J connectivity index is 0.000000399. The van der Waals surface area contributed by atoms with Crippen LogP contribution in [0, 0.1) is 0 Å². The van der Waals surface area contributed by atoms with Crippen molar-refractivity contribution in [1.29, 1.82) is 0 Å². The monoisotopic (exact) mass is 506 g/mol. The summed E-state index contributed by atoms with van der Waals surface area (Å²) in [6.45, 7) is 8.50. The van der Waals surface area contributed by atoms with E-state index in [1.165, 1.54) is 11.1 Å². The van der Waals surface area contributed by atoms with Crippen LogP contribution in [0.4, 0.5) is 0 Å². The van der Waals surface area contributed by atoms with Crippen molar-refractivity contribution in [1.82, 2.24) is 0 Å². The van der Waals surface area contributed by atoms with Crippen LogP contribution < -0.4 is 0 Å². The molecule has 0 bridgehead atoms. The fourth-order valence-electron chi connectivity index (χ4n) is 1.96. The third-order valence-corrected chi connectivity index (χ3v) is 3.90. The van der Waals surface area contributed by atoms with Gasteiger partial charge in [-0.1, -0.05) is 88.4 Å². The van der Waals surface area contributed by atoms with Crippen molar-refractivity contribution >= 4 is 26.3 Å². The summed E-state index contributed by atoms with van der Waals surface area (Å²) >= 11 is 6.50. The van der Waals surface area contributed by atoms with Crippen molar-refractivity contribution in [3.63, 3.8) is 0 Å². The molecule has 2 N–H and O–H groups in total. The van der Waals surface area contributed by atoms with E-state index >= 15 is 0 Å². The van der Waals surface area contributed by atoms with Gasteiger partial charge < -0.3 is 10.2 Å². The van der Waals surface area contributed by atoms with Gasteiger partial charge in [-0.05, 0) is 11.1 Å². The molecule has 0 amide bonds. The van der Waals surface area contributed by atoms with Crippen LogP contribution >= 0.6 is 26.3 Å². The van der Waals surface area contributed by atoms with Crippen LogP contribution in [0.5, 0.6) is 0 Å². The van der Waals surface area contributed by atoms with Crippen molar-refractivity contribution in [3.8, 4) is 0 Å². The van der Waals surface area contributed by atoms with E-state index in [0.717, 1.165) is 0 Å². The zero-order chi connectivity index (χ0) is 19.3. The molecule has 0 atom stereocenters. The fraction of sp³-hybridized carbons (Fsp3) is 0.400. The summed E-state index contributed by atoms with van der Waals surface area (Å²) in [5.74, 6) is 0. The molecule has 138 valence electrons. The zero-order valence-corrected chi connectivity index (χ0v) is 20.1. The van der Waals surface area contributed by atoms with E-state index in [1.807, 2.05) is 88.4 Å². The first-order valence-corrected chi connectivity index (χ1v) is 15.8. The van der Waals surface area contributed by atoms with Crippen LogP contribution in [0.2, 0.25) is 0 Å². The van der Waals surface area contributed by atoms with Crippen LogP contribution in [0.1, 0.15) is 38.8 Å². The number of halogens is 2. The average Bonchev–Trinajstić information content (AvgIpc) is 2.64. The molecule has 5 heteroatoms. The third-order valence-electron chi connectivity index (χ3n) is 3.90. The molecule has 0 fully saturated rings. The minimum absolute atomic E-state index is 0.110. The van der Waals surface area contributed by atoms with E-state index in [1.54, 1.807) is 0 Å². The number of rotatable bonds is 4. The summed E-state index contributed by atoms with van der Waals surface area (Å²) in [6, 6.07) is 20.1. The molecule has 0 aliphatic carbocycles. The fourth-order valence-corrected chi connectivity index (χ4v) is 1.96. The molecule has 25 heavy (non-hydrogen) atoms. The van der Waals surface area contributed by atoms with Crippen LogP contribution in [0.3, 0.4) is 0 Å². The molecular formula is C20H28Br2O2Ti. The van der Waals surface area contributed by atoms with Crippen molar-refractivity contribution in [2.24, 2.45) is 0 Å². The molecule has 0 radical (unpaired) electrons. The van der Waals surface area contributed by atoms with Gasteiger partial charge in [-0.3, -0.25) is 0 Å². The third kappa shape index (κ3) is 10.1. The molecule has 0 spiro atoms. The topological polar surface area (TPSA) is 40.5 Å². The number of hydrogen-bond donors (Lipinski definition) is 2. The van der Waals surface area contributed by atoms with Gasteiger partial charge in [0.15, 0.2) is 0 Å². The summed E-state index contributed by atoms with van der Waals surface area (Å²) in [5, 5.41) is 18.1. The summed E-state index contributed by atoms with van der Waals surface area (Å²) in [7, 11) is 0. The molecule has 0 heterocycles. The predicted molar refractivity (Wildman–Crippen MR) is 111 cm³/mol. The Hall–Kier alpha value is 0.0343. The Kier molecular flexibility index (Phi) is 13.3. The number of benzene rings is 2. The van der Waals surface area contributed by atoms with Crippen LogP contribution in [0.25, 0.3) is 0 Å². The molecule has 2 aromatic rings. The van der Waals surface area contributed by atoms with Crippen LogP contribution in [-0.2, 0) is 25.8 Å². The molecule has 0 unspecified atom stereocenters. The van der Waals surface area contributed by atoms with Gasteiger partial charge in [0.2, 0.25) is 0 Å². The van der Waals surface area contributed by atoms with Gasteiger partial charge in [0.05, 0.1) is 13.2 Å². The van der Waals surface area contributed by atoms with Crippen LogP contribution in [-0.4, -0.2) is 23.4 Å². The molecule has 0 aliphatic heterocycles. The van der Waals surface area contributed by atoms with Gasteiger partial charge in [-0.25, -0.2) is 0 Å². The van der Waals surface area contributed by atoms with Crippen molar-refractivity contribution < 1.29 is 25.2 Å². The second kappa shape index (κ2) is 13.2. The maximum atomic E-state index is 9.05. The number of aliphatic hydroxyl groups is 2. The Labute approximate surface area is 174 Å². The van der Waals surface area contributed by atoms with Gasteiger partial charge in [0.1, 0.15) is 0 Å². The second-order valence-electron chi connectivity index (χ2n) is 6.89. The van der Waals surface area contributed by atoms with Gasteiger partial charge in [0.25, 0.3) is 0 Å². The Morgan fingerprint density at radius 2 is 0.920 bits per heavy atom. The quantitative estimate of drug-likeness (QED) is 0.529. The molecule has 0 saturated carbocycles. The molecule has 2 aromatic carbocycles. The zero-order valence-electron chi connectivity index (χ0n) is 15.3. The van der Waals surface area contributed by atoms with Crippen molar-refractivity contribution in [2.45, 2.75) is 38.5 Å². The van der Waals surface area contributed by atoms with E-state index in [0.29, 0.717) is 0 Å². The second-order valence-corrected chi connectivity index (χ2v) is 14.8. The first-order chi connectivity index (χ1) is 11.7. The molecule has 2 rings (SSSR count). The number of hydrogen-bond acceptors (Lipinski definition) is 2. The summed E-state index contributed by atoms with van der Waals surface area (Å²) in [6.07, 6.45) is 0. The standard InChI is InChI=1S/2C10H14O.2BrH.Ti/c2*1-10(2,8-11)9-6-4-3-5-7-9;;;/h2*3-7,11H,8H2,1-2H3;2*1H;/q;;;;+2/p-2. The van der Waals surface area contributed by atoms with Gasteiger partial charge >= 0.3 is 41.3 Å². The molecule has 0 aromatic heterocycles. The summed E-state index contributed by atoms with van der Waals surface area (Å²) < 4.78 is 0. The van der Waals surface area contributed by atoms with Crippen molar-refractivity contribution in [3.05, 3.63) is 71.8 Å². The van der Waals surface area contributed by atoms with Crippen LogP contribution in [0.15, 0.2) is 60.7 Å². The van der Waals surface area contributed by atoms with E-state index < -0.39 is 0 Å². The van der Waals surface area contributed by atoms with Gasteiger partial charge in [-0.2, -0.15) is 0 Å². The summed E-state index contributed by atoms with van der Waals surface area (Å²) in [4.78, 5) is 0. The first-order valence-electron chi connectivity index (χ1n) is 8.04. The van der Waals surface area contributed by atoms with Crippen molar-refractivity contribution in [2.75, 3.05) is 13.2 Å². The van der Waals surface area contributed by atoms with Gasteiger partial charge in [0, 0.05) is 10.8 Å². The maximum absolute atomic E-state index is 9.05. The normalized spacial score (nSPS) is 10.7. The average molecular weight is 508 g/mol. The first kappa shape index (κ1) is 25.0. The Morgan fingerprint density at radius 3 is 1.12 bits per heavy atom. The Bertz CT molecular complexity index is 509. The predicted octanol–water partition coefficient (Wildman–Crippen LogP) is 5.60. The van der Waals surface area contributed by atoms with Gasteiger partial charge in [-0.15, -0.1) is 0 Å². The SMILES string of the molecule is CC(C)(CO)c1ccccc1.CC(C)(CO)c1ccccc1.[Br][Ti][Br]. The molecular weight excluding hydrogens is 480 g/mol. The van der Waals surface area contributed by atoms with E-state index in [-0.39, 0.29) is 39.0 Å². The summed E-state index contributed by atoms with van der Waals surface area (Å²) in [5.41, 5.74) is 2.15. The molecule has 2 nitrogen and oxygen atoms in total. The number of aliphatic hydroxyl groups excluding tert-OH is 2. The molecule has 0 saturated heterocycles. The molecule has 0 aliphatic rings. The van der Waals surface area contributed by atoms with E-state index in [9.17, 15) is 0 Å². The Morgan fingerprint density at radius 1 is 0.680 bits per heavy atom. The van der Waals surface area contributed by atoms with E-state index in [4.69, 9.17) is 10.2 Å². The van der Waals surface area contributed by atoms with E-state index in [2.05, 4.69) is 26.3 Å². The minimum atomic E-state index is -0.110.